The largest absolute Gasteiger partial charge is 0.497 e. The summed E-state index contributed by atoms with van der Waals surface area (Å²) in [6.07, 6.45) is 5.56. The third-order valence-electron chi connectivity index (χ3n) is 3.30. The van der Waals surface area contributed by atoms with E-state index in [0.29, 0.717) is 0 Å². The van der Waals surface area contributed by atoms with E-state index in [9.17, 15) is 0 Å². The number of hydrogen-bond donors (Lipinski definition) is 1. The zero-order valence-electron chi connectivity index (χ0n) is 11.0. The fraction of sp³-hybridized carbons (Fsp3) is 0.571. The average Bonchev–Trinajstić information content (AvgIpc) is 2.39. The van der Waals surface area contributed by atoms with Gasteiger partial charge in [-0.15, -0.1) is 0 Å². The molecule has 0 amide bonds. The molecule has 2 N–H and O–H groups in total. The molecule has 1 aliphatic rings. The van der Waals surface area contributed by atoms with Crippen LogP contribution in [0.15, 0.2) is 18.2 Å². The van der Waals surface area contributed by atoms with Crippen molar-refractivity contribution in [2.75, 3.05) is 19.1 Å². The Balaban J connectivity index is 2.04. The quantitative estimate of drug-likeness (QED) is 0.833. The normalized spacial score (nSPS) is 22.2. The molecule has 1 heterocycles. The Morgan fingerprint density at radius 2 is 2.33 bits per heavy atom. The van der Waals surface area contributed by atoms with Crippen molar-refractivity contribution < 1.29 is 9.47 Å². The van der Waals surface area contributed by atoms with Crippen LogP contribution in [0.25, 0.3) is 0 Å². The molecular weight excluding hydrogens is 246 g/mol. The summed E-state index contributed by atoms with van der Waals surface area (Å²) in [5.74, 6) is 2.95. The number of fused-ring (bicyclic) bond motifs is 1. The molecule has 4 heteroatoms. The highest BCUT2D eigenvalue weighted by molar-refractivity contribution is 7.98. The van der Waals surface area contributed by atoms with Crippen molar-refractivity contribution in [2.45, 2.75) is 31.4 Å². The van der Waals surface area contributed by atoms with Crippen LogP contribution in [0.1, 0.15) is 30.9 Å². The Morgan fingerprint density at radius 3 is 3.06 bits per heavy atom. The van der Waals surface area contributed by atoms with Gasteiger partial charge in [0.25, 0.3) is 0 Å². The van der Waals surface area contributed by atoms with E-state index in [1.165, 1.54) is 12.2 Å². The zero-order valence-corrected chi connectivity index (χ0v) is 11.8. The van der Waals surface area contributed by atoms with Crippen LogP contribution in [0.3, 0.4) is 0 Å². The summed E-state index contributed by atoms with van der Waals surface area (Å²) < 4.78 is 11.2. The molecular formula is C14H21NO2S. The molecule has 0 saturated carbocycles. The molecule has 1 aliphatic heterocycles. The minimum Gasteiger partial charge on any atom is -0.497 e. The summed E-state index contributed by atoms with van der Waals surface area (Å²) in [7, 11) is 1.67. The fourth-order valence-electron chi connectivity index (χ4n) is 2.32. The Kier molecular flexibility index (Phi) is 4.78. The maximum Gasteiger partial charge on any atom is 0.124 e. The molecule has 0 fully saturated rings. The number of methoxy groups -OCH3 is 1. The summed E-state index contributed by atoms with van der Waals surface area (Å²) in [6, 6.07) is 5.94. The summed E-state index contributed by atoms with van der Waals surface area (Å²) in [4.78, 5) is 0. The van der Waals surface area contributed by atoms with E-state index in [4.69, 9.17) is 15.2 Å². The van der Waals surface area contributed by atoms with Crippen LogP contribution >= 0.6 is 11.8 Å². The Labute approximate surface area is 113 Å². The van der Waals surface area contributed by atoms with Crippen LogP contribution in [0.4, 0.5) is 0 Å². The van der Waals surface area contributed by atoms with Crippen molar-refractivity contribution >= 4 is 11.8 Å². The van der Waals surface area contributed by atoms with Crippen LogP contribution in [0, 0.1) is 0 Å². The number of ether oxygens (including phenoxy) is 2. The molecule has 0 bridgehead atoms. The van der Waals surface area contributed by atoms with Gasteiger partial charge in [0.05, 0.1) is 7.11 Å². The summed E-state index contributed by atoms with van der Waals surface area (Å²) in [5, 5.41) is 0. The molecule has 3 nitrogen and oxygen atoms in total. The smallest absolute Gasteiger partial charge is 0.124 e. The van der Waals surface area contributed by atoms with Gasteiger partial charge in [-0.2, -0.15) is 11.8 Å². The third kappa shape index (κ3) is 3.12. The van der Waals surface area contributed by atoms with E-state index in [-0.39, 0.29) is 12.1 Å². The Morgan fingerprint density at radius 1 is 1.50 bits per heavy atom. The van der Waals surface area contributed by atoms with Crippen molar-refractivity contribution in [1.82, 2.24) is 0 Å². The van der Waals surface area contributed by atoms with Crippen molar-refractivity contribution in [3.63, 3.8) is 0 Å². The first-order valence-corrected chi connectivity index (χ1v) is 7.73. The molecule has 2 atom stereocenters. The lowest BCUT2D eigenvalue weighted by Gasteiger charge is -2.30. The predicted octanol–water partition coefficient (Wildman–Crippen LogP) is 2.99. The van der Waals surface area contributed by atoms with E-state index >= 15 is 0 Å². The molecule has 0 aromatic heterocycles. The fourth-order valence-corrected chi connectivity index (χ4v) is 2.78. The first kappa shape index (κ1) is 13.6. The maximum atomic E-state index is 6.22. The highest BCUT2D eigenvalue weighted by Crippen LogP contribution is 2.36. The SMILES string of the molecule is COc1ccc2c(c1)C(N)CC(CCCSC)O2. The molecule has 2 rings (SSSR count). The lowest BCUT2D eigenvalue weighted by molar-refractivity contribution is 0.149. The van der Waals surface area contributed by atoms with E-state index in [0.717, 1.165) is 29.9 Å². The van der Waals surface area contributed by atoms with Crippen molar-refractivity contribution in [3.8, 4) is 11.5 Å². The van der Waals surface area contributed by atoms with Gasteiger partial charge in [0, 0.05) is 18.0 Å². The predicted molar refractivity (Wildman–Crippen MR) is 76.6 cm³/mol. The minimum atomic E-state index is 0.0585. The first-order valence-electron chi connectivity index (χ1n) is 6.33. The number of thioether (sulfide) groups is 1. The van der Waals surface area contributed by atoms with Crippen LogP contribution in [0.2, 0.25) is 0 Å². The molecule has 0 spiro atoms. The first-order chi connectivity index (χ1) is 8.74. The monoisotopic (exact) mass is 267 g/mol. The van der Waals surface area contributed by atoms with Crippen LogP contribution < -0.4 is 15.2 Å². The number of nitrogens with two attached hydrogens (primary N) is 1. The topological polar surface area (TPSA) is 44.5 Å². The molecule has 0 radical (unpaired) electrons. The minimum absolute atomic E-state index is 0.0585. The Bertz CT molecular complexity index is 397. The van der Waals surface area contributed by atoms with Gasteiger partial charge in [0.1, 0.15) is 17.6 Å². The summed E-state index contributed by atoms with van der Waals surface area (Å²) in [6.45, 7) is 0. The molecule has 2 unspecified atom stereocenters. The van der Waals surface area contributed by atoms with Gasteiger partial charge >= 0.3 is 0 Å². The van der Waals surface area contributed by atoms with Gasteiger partial charge in [-0.3, -0.25) is 0 Å². The maximum absolute atomic E-state index is 6.22. The summed E-state index contributed by atoms with van der Waals surface area (Å²) in [5.41, 5.74) is 7.29. The van der Waals surface area contributed by atoms with Gasteiger partial charge in [-0.1, -0.05) is 0 Å². The van der Waals surface area contributed by atoms with E-state index in [2.05, 4.69) is 6.26 Å². The third-order valence-corrected chi connectivity index (χ3v) is 4.00. The van der Waals surface area contributed by atoms with Crippen molar-refractivity contribution in [2.24, 2.45) is 5.73 Å². The Hall–Kier alpha value is -0.870. The highest BCUT2D eigenvalue weighted by atomic mass is 32.2. The molecule has 0 saturated heterocycles. The van der Waals surface area contributed by atoms with Crippen molar-refractivity contribution in [3.05, 3.63) is 23.8 Å². The molecule has 18 heavy (non-hydrogen) atoms. The number of hydrogen-bond acceptors (Lipinski definition) is 4. The average molecular weight is 267 g/mol. The second kappa shape index (κ2) is 6.34. The van der Waals surface area contributed by atoms with Crippen LogP contribution in [-0.2, 0) is 0 Å². The lowest BCUT2D eigenvalue weighted by Crippen LogP contribution is -2.29. The molecule has 1 aromatic rings. The van der Waals surface area contributed by atoms with Gasteiger partial charge in [-0.05, 0) is 43.0 Å². The van der Waals surface area contributed by atoms with Gasteiger partial charge in [0.2, 0.25) is 0 Å². The standard InChI is InChI=1S/C14H21NO2S/c1-16-10-5-6-14-12(8-10)13(15)9-11(17-14)4-3-7-18-2/h5-6,8,11,13H,3-4,7,9,15H2,1-2H3. The summed E-state index contributed by atoms with van der Waals surface area (Å²) >= 11 is 1.88. The number of rotatable bonds is 5. The van der Waals surface area contributed by atoms with Crippen LogP contribution in [-0.4, -0.2) is 25.2 Å². The zero-order chi connectivity index (χ0) is 13.0. The second-order valence-corrected chi connectivity index (χ2v) is 5.61. The lowest BCUT2D eigenvalue weighted by atomic mass is 9.95. The van der Waals surface area contributed by atoms with E-state index < -0.39 is 0 Å². The van der Waals surface area contributed by atoms with Crippen molar-refractivity contribution in [1.29, 1.82) is 0 Å². The van der Waals surface area contributed by atoms with Crippen LogP contribution in [0.5, 0.6) is 11.5 Å². The van der Waals surface area contributed by atoms with Gasteiger partial charge in [-0.25, -0.2) is 0 Å². The van der Waals surface area contributed by atoms with Gasteiger partial charge < -0.3 is 15.2 Å². The highest BCUT2D eigenvalue weighted by Gasteiger charge is 2.25. The number of benzene rings is 1. The molecule has 1 aromatic carbocycles. The van der Waals surface area contributed by atoms with Gasteiger partial charge in [0.15, 0.2) is 0 Å². The molecule has 0 aliphatic carbocycles. The molecule has 100 valence electrons. The van der Waals surface area contributed by atoms with E-state index in [1.807, 2.05) is 30.0 Å². The van der Waals surface area contributed by atoms with E-state index in [1.54, 1.807) is 7.11 Å². The second-order valence-electron chi connectivity index (χ2n) is 4.62.